The lowest BCUT2D eigenvalue weighted by molar-refractivity contribution is -0.136. The number of benzene rings is 3. The first-order chi connectivity index (χ1) is 19.6. The molecular weight excluding hydrogens is 545 g/mol. The molecule has 41 heavy (non-hydrogen) atoms. The van der Waals surface area contributed by atoms with E-state index in [9.17, 15) is 22.4 Å². The van der Waals surface area contributed by atoms with Crippen LogP contribution < -0.4 is 4.74 Å². The number of ether oxygens (including phenoxy) is 1. The number of nitrogens with one attached hydrogen (secondary N) is 2. The van der Waals surface area contributed by atoms with Gasteiger partial charge in [0.05, 0.1) is 11.3 Å². The number of hydrogen-bond acceptors (Lipinski definition) is 3. The van der Waals surface area contributed by atoms with Crippen LogP contribution in [0.1, 0.15) is 41.6 Å². The van der Waals surface area contributed by atoms with Crippen molar-refractivity contribution < 1.29 is 36.6 Å². The molecule has 0 fully saturated rings. The molecule has 0 spiro atoms. The fraction of sp³-hybridized carbons (Fsp3) is 0.200. The number of alkyl halides is 2. The first kappa shape index (κ1) is 27.9. The highest BCUT2D eigenvalue weighted by molar-refractivity contribution is 5.85. The van der Waals surface area contributed by atoms with Crippen molar-refractivity contribution in [2.45, 2.75) is 38.5 Å². The second-order valence-corrected chi connectivity index (χ2v) is 9.55. The van der Waals surface area contributed by atoms with Gasteiger partial charge in [0.15, 0.2) is 11.6 Å². The highest BCUT2D eigenvalue weighted by Gasteiger charge is 2.22. The predicted molar refractivity (Wildman–Crippen MR) is 142 cm³/mol. The van der Waals surface area contributed by atoms with Crippen molar-refractivity contribution in [2.24, 2.45) is 0 Å². The monoisotopic (exact) mass is 569 g/mol. The zero-order chi connectivity index (χ0) is 29.3. The molecule has 2 heterocycles. The molecule has 0 aliphatic heterocycles. The van der Waals surface area contributed by atoms with Gasteiger partial charge in [0.25, 0.3) is 0 Å². The van der Waals surface area contributed by atoms with Gasteiger partial charge in [0.1, 0.15) is 23.2 Å². The van der Waals surface area contributed by atoms with Crippen LogP contribution in [-0.4, -0.2) is 32.5 Å². The van der Waals surface area contributed by atoms with E-state index in [1.165, 1.54) is 30.6 Å². The molecule has 2 aromatic heterocycles. The molecule has 1 atom stereocenters. The smallest absolute Gasteiger partial charge is 0.303 e. The van der Waals surface area contributed by atoms with Crippen molar-refractivity contribution in [2.75, 3.05) is 0 Å². The van der Waals surface area contributed by atoms with Crippen LogP contribution in [0.15, 0.2) is 60.9 Å². The minimum Gasteiger partial charge on any atom is -0.481 e. The number of carboxylic acid groups (broad SMARTS) is 1. The average molecular weight is 570 g/mol. The Labute approximate surface area is 230 Å². The largest absolute Gasteiger partial charge is 0.481 e. The number of carbonyl (C=O) groups is 1. The van der Waals surface area contributed by atoms with Crippen LogP contribution in [0.2, 0.25) is 0 Å². The van der Waals surface area contributed by atoms with E-state index in [-0.39, 0.29) is 46.9 Å². The molecule has 0 bridgehead atoms. The summed E-state index contributed by atoms with van der Waals surface area (Å²) in [4.78, 5) is 21.0. The molecular formula is C30H24F5N3O3. The number of H-pyrrole nitrogens is 2. The Morgan fingerprint density at radius 2 is 1.85 bits per heavy atom. The predicted octanol–water partition coefficient (Wildman–Crippen LogP) is 7.74. The quantitative estimate of drug-likeness (QED) is 0.150. The molecule has 6 nitrogen and oxygen atoms in total. The van der Waals surface area contributed by atoms with Crippen molar-refractivity contribution in [1.82, 2.24) is 15.0 Å². The highest BCUT2D eigenvalue weighted by Crippen LogP contribution is 2.37. The SMILES string of the molecule is CC(c1c[nH]c(-c2cc(Oc3c(F)cc4[nH]ccc4c3CC(F)F)ccc2F)n1)c1cccc(CCC(=O)O)c1F. The summed E-state index contributed by atoms with van der Waals surface area (Å²) < 4.78 is 77.4. The average Bonchev–Trinajstić information content (AvgIpc) is 3.60. The number of aromatic nitrogens is 3. The van der Waals surface area contributed by atoms with Crippen molar-refractivity contribution in [3.05, 3.63) is 101 Å². The van der Waals surface area contributed by atoms with Crippen molar-refractivity contribution in [1.29, 1.82) is 0 Å². The molecule has 0 amide bonds. The summed E-state index contributed by atoms with van der Waals surface area (Å²) >= 11 is 0. The molecule has 0 saturated carbocycles. The van der Waals surface area contributed by atoms with Gasteiger partial charge in [0.2, 0.25) is 6.43 Å². The summed E-state index contributed by atoms with van der Waals surface area (Å²) in [6, 6.07) is 11.0. The Morgan fingerprint density at radius 3 is 2.61 bits per heavy atom. The van der Waals surface area contributed by atoms with Gasteiger partial charge < -0.3 is 19.8 Å². The zero-order valence-corrected chi connectivity index (χ0v) is 21.7. The highest BCUT2D eigenvalue weighted by atomic mass is 19.3. The zero-order valence-electron chi connectivity index (χ0n) is 21.7. The number of nitrogens with zero attached hydrogens (tertiary/aromatic N) is 1. The fourth-order valence-corrected chi connectivity index (χ4v) is 4.78. The summed E-state index contributed by atoms with van der Waals surface area (Å²) in [5.74, 6) is -3.97. The number of aliphatic carboxylic acids is 1. The molecule has 5 aromatic rings. The van der Waals surface area contributed by atoms with Gasteiger partial charge >= 0.3 is 5.97 Å². The molecule has 0 saturated heterocycles. The van der Waals surface area contributed by atoms with E-state index in [0.717, 1.165) is 12.1 Å². The number of fused-ring (bicyclic) bond motifs is 1. The van der Waals surface area contributed by atoms with Crippen LogP contribution in [0.4, 0.5) is 22.0 Å². The fourth-order valence-electron chi connectivity index (χ4n) is 4.78. The van der Waals surface area contributed by atoms with E-state index in [0.29, 0.717) is 22.2 Å². The van der Waals surface area contributed by atoms with Gasteiger partial charge in [-0.1, -0.05) is 25.1 Å². The lowest BCUT2D eigenvalue weighted by Gasteiger charge is -2.14. The van der Waals surface area contributed by atoms with E-state index >= 15 is 4.39 Å². The second kappa shape index (κ2) is 11.4. The summed E-state index contributed by atoms with van der Waals surface area (Å²) in [6.07, 6.45) is -0.688. The third kappa shape index (κ3) is 5.79. The molecule has 0 radical (unpaired) electrons. The topological polar surface area (TPSA) is 91.0 Å². The van der Waals surface area contributed by atoms with Crippen LogP contribution in [0.3, 0.4) is 0 Å². The Hall–Kier alpha value is -4.67. The first-order valence-corrected chi connectivity index (χ1v) is 12.7. The third-order valence-corrected chi connectivity index (χ3v) is 6.86. The lowest BCUT2D eigenvalue weighted by atomic mass is 9.94. The molecule has 212 valence electrons. The van der Waals surface area contributed by atoms with Crippen LogP contribution in [0, 0.1) is 17.5 Å². The standard InChI is InChI=1S/C30H24F5N3O3/c1-15(18-4-2-3-16(28(18)35)5-8-27(39)40)25-14-37-30(38-25)21-11-17(6-7-22(21)31)41-29-20(12-26(33)34)19-9-10-36-24(19)13-23(29)32/h2-4,6-7,9-11,13-15,26,36H,5,8,12H2,1H3,(H,37,38)(H,39,40). The van der Waals surface area contributed by atoms with E-state index in [4.69, 9.17) is 9.84 Å². The van der Waals surface area contributed by atoms with E-state index in [1.807, 2.05) is 0 Å². The maximum atomic E-state index is 15.1. The van der Waals surface area contributed by atoms with Crippen LogP contribution in [-0.2, 0) is 17.6 Å². The Balaban J connectivity index is 1.45. The van der Waals surface area contributed by atoms with E-state index in [2.05, 4.69) is 15.0 Å². The summed E-state index contributed by atoms with van der Waals surface area (Å²) in [6.45, 7) is 1.71. The minimum atomic E-state index is -2.76. The number of aromatic amines is 2. The normalized spacial score (nSPS) is 12.3. The number of rotatable bonds is 10. The van der Waals surface area contributed by atoms with Crippen molar-refractivity contribution in [3.8, 4) is 22.9 Å². The number of hydrogen-bond donors (Lipinski definition) is 3. The lowest BCUT2D eigenvalue weighted by Crippen LogP contribution is -2.05. The van der Waals surface area contributed by atoms with E-state index in [1.54, 1.807) is 25.1 Å². The number of aryl methyl sites for hydroxylation is 1. The number of carboxylic acids is 1. The molecule has 5 rings (SSSR count). The van der Waals surface area contributed by atoms with Gasteiger partial charge in [0, 0.05) is 53.7 Å². The van der Waals surface area contributed by atoms with Crippen molar-refractivity contribution >= 4 is 16.9 Å². The Morgan fingerprint density at radius 1 is 1.05 bits per heavy atom. The molecule has 3 N–H and O–H groups in total. The van der Waals surface area contributed by atoms with Crippen LogP contribution in [0.5, 0.6) is 11.5 Å². The van der Waals surface area contributed by atoms with E-state index < -0.39 is 42.2 Å². The number of imidazole rings is 1. The second-order valence-electron chi connectivity index (χ2n) is 9.55. The van der Waals surface area contributed by atoms with Crippen LogP contribution >= 0.6 is 0 Å². The van der Waals surface area contributed by atoms with Gasteiger partial charge in [-0.2, -0.15) is 0 Å². The minimum absolute atomic E-state index is 0.00567. The molecule has 11 heteroatoms. The summed E-state index contributed by atoms with van der Waals surface area (Å²) in [5.41, 5.74) is 1.24. The van der Waals surface area contributed by atoms with Gasteiger partial charge in [-0.15, -0.1) is 0 Å². The van der Waals surface area contributed by atoms with Gasteiger partial charge in [-0.05, 0) is 41.8 Å². The molecule has 0 aliphatic carbocycles. The van der Waals surface area contributed by atoms with Crippen molar-refractivity contribution in [3.63, 3.8) is 0 Å². The maximum absolute atomic E-state index is 15.1. The third-order valence-electron chi connectivity index (χ3n) is 6.86. The van der Waals surface area contributed by atoms with Crippen LogP contribution in [0.25, 0.3) is 22.3 Å². The van der Waals surface area contributed by atoms with Gasteiger partial charge in [-0.3, -0.25) is 4.79 Å². The maximum Gasteiger partial charge on any atom is 0.303 e. The first-order valence-electron chi connectivity index (χ1n) is 12.7. The molecule has 1 unspecified atom stereocenters. The Kier molecular flexibility index (Phi) is 7.78. The number of halogens is 5. The molecule has 3 aromatic carbocycles. The van der Waals surface area contributed by atoms with Gasteiger partial charge in [-0.25, -0.2) is 26.9 Å². The molecule has 0 aliphatic rings. The summed E-state index contributed by atoms with van der Waals surface area (Å²) in [7, 11) is 0. The Bertz CT molecular complexity index is 1730. The summed E-state index contributed by atoms with van der Waals surface area (Å²) in [5, 5.41) is 9.31.